The van der Waals surface area contributed by atoms with Crippen LogP contribution < -0.4 is 37.2 Å². The summed E-state index contributed by atoms with van der Waals surface area (Å²) < 4.78 is 0. The van der Waals surface area contributed by atoms with Crippen molar-refractivity contribution in [3.63, 3.8) is 0 Å². The van der Waals surface area contributed by atoms with E-state index in [1.807, 2.05) is 0 Å². The molecule has 27 heteroatoms. The quantitative estimate of drug-likeness (QED) is 0.0474. The molecule has 0 aromatic heterocycles. The van der Waals surface area contributed by atoms with Gasteiger partial charge in [0.15, 0.2) is 11.6 Å². The van der Waals surface area contributed by atoms with Gasteiger partial charge in [-0.3, -0.25) is 52.7 Å². The molecule has 0 aromatic carbocycles. The van der Waals surface area contributed by atoms with Crippen molar-refractivity contribution >= 4 is 94.5 Å². The van der Waals surface area contributed by atoms with Crippen LogP contribution in [0.15, 0.2) is 24.3 Å². The molecule has 0 heterocycles. The maximum absolute atomic E-state index is 10.9. The number of allylic oxidation sites excluding steroid dienone is 2. The summed E-state index contributed by atoms with van der Waals surface area (Å²) >= 11 is 2.40. The van der Waals surface area contributed by atoms with Gasteiger partial charge >= 0.3 is 29.8 Å². The Morgan fingerprint density at radius 2 is 0.984 bits per heavy atom. The molecule has 0 radical (unpaired) electrons. The van der Waals surface area contributed by atoms with Gasteiger partial charge in [-0.2, -0.15) is 11.8 Å². The van der Waals surface area contributed by atoms with Crippen LogP contribution in [0.5, 0.6) is 0 Å². The van der Waals surface area contributed by atoms with E-state index in [0.29, 0.717) is 0 Å². The molecule has 0 saturated carbocycles. The highest BCUT2D eigenvalue weighted by molar-refractivity contribution is 8.00. The second-order valence-electron chi connectivity index (χ2n) is 10.7. The molecule has 0 bridgehead atoms. The van der Waals surface area contributed by atoms with E-state index in [2.05, 4.69) is 37.2 Å². The number of ketones is 2. The fourth-order valence-corrected chi connectivity index (χ4v) is 4.29. The van der Waals surface area contributed by atoms with Crippen LogP contribution in [-0.2, 0) is 57.5 Å². The van der Waals surface area contributed by atoms with E-state index in [1.165, 1.54) is 66.2 Å². The molecular weight excluding hydrogens is 871 g/mol. The average molecular weight is 934 g/mol. The first-order chi connectivity index (χ1) is 27.9. The lowest BCUT2D eigenvalue weighted by atomic mass is 10.2. The Morgan fingerprint density at radius 3 is 1.24 bits per heavy atom. The third kappa shape index (κ3) is 45.2. The second-order valence-corrected chi connectivity index (χ2v) is 12.8. The number of hydrogen-bond acceptors (Lipinski definition) is 16. The Balaban J connectivity index is -0.000000117. The number of hydrogen-bond donors (Lipinski definition) is 12. The van der Waals surface area contributed by atoms with Crippen LogP contribution >= 0.6 is 23.5 Å². The number of thioether (sulfide) groups is 2. The first kappa shape index (κ1) is 70.6. The van der Waals surface area contributed by atoms with Gasteiger partial charge < -0.3 is 68.2 Å². The number of carbonyl (C=O) groups excluding carboxylic acids is 7. The molecule has 0 saturated heterocycles. The predicted molar refractivity (Wildman–Crippen MR) is 231 cm³/mol. The van der Waals surface area contributed by atoms with E-state index in [9.17, 15) is 57.5 Å². The molecular formula is C35H63N7O18S2. The molecule has 14 N–H and O–H groups in total. The number of rotatable bonds is 18. The third-order valence-corrected chi connectivity index (χ3v) is 8.31. The molecule has 1 rings (SSSR count). The van der Waals surface area contributed by atoms with Gasteiger partial charge in [-0.1, -0.05) is 7.43 Å². The smallest absolute Gasteiger partial charge is 0.328 e. The minimum Gasteiger partial charge on any atom is -0.481 e. The van der Waals surface area contributed by atoms with Gasteiger partial charge in [-0.05, 0) is 38.8 Å². The maximum Gasteiger partial charge on any atom is 0.328 e. The van der Waals surface area contributed by atoms with Crippen molar-refractivity contribution in [3.8, 4) is 0 Å². The molecule has 358 valence electrons. The number of nitrogens with one attached hydrogen (secondary N) is 7. The van der Waals surface area contributed by atoms with Crippen LogP contribution in [-0.4, -0.2) is 186 Å². The lowest BCUT2D eigenvalue weighted by molar-refractivity contribution is -0.141. The number of aliphatic carboxylic acids is 5. The number of carboxylic acids is 5. The molecule has 25 nitrogen and oxygen atoms in total. The van der Waals surface area contributed by atoms with Crippen LogP contribution in [0.4, 0.5) is 0 Å². The Hall–Kier alpha value is -5.90. The summed E-state index contributed by atoms with van der Waals surface area (Å²) in [6, 6.07) is -1.44. The topological polar surface area (TPSA) is 422 Å². The number of carboxylic acid groups (broad SMARTS) is 5. The Morgan fingerprint density at radius 1 is 0.565 bits per heavy atom. The van der Waals surface area contributed by atoms with E-state index < -0.39 is 58.3 Å². The van der Waals surface area contributed by atoms with Gasteiger partial charge in [-0.15, -0.1) is 11.8 Å². The fourth-order valence-electron chi connectivity index (χ4n) is 3.13. The average Bonchev–Trinajstić information content (AvgIpc) is 3.60. The minimum absolute atomic E-state index is 0. The normalized spacial score (nSPS) is 12.1. The summed E-state index contributed by atoms with van der Waals surface area (Å²) in [5, 5.41) is 57.4. The zero-order chi connectivity index (χ0) is 48.0. The van der Waals surface area contributed by atoms with Crippen molar-refractivity contribution in [1.29, 1.82) is 0 Å². The van der Waals surface area contributed by atoms with Crippen molar-refractivity contribution < 1.29 is 88.5 Å². The van der Waals surface area contributed by atoms with E-state index in [-0.39, 0.29) is 80.2 Å². The molecule has 0 spiro atoms. The molecule has 0 aliphatic heterocycles. The number of amides is 5. The lowest BCUT2D eigenvalue weighted by Gasteiger charge is -2.10. The second kappa shape index (κ2) is 44.6. The van der Waals surface area contributed by atoms with Crippen LogP contribution in [0.3, 0.4) is 0 Å². The monoisotopic (exact) mass is 933 g/mol. The van der Waals surface area contributed by atoms with Crippen molar-refractivity contribution in [3.05, 3.63) is 24.3 Å². The summed E-state index contributed by atoms with van der Waals surface area (Å²) in [6.07, 6.45) is 7.47. The lowest BCUT2D eigenvalue weighted by Crippen LogP contribution is -2.42. The van der Waals surface area contributed by atoms with Crippen molar-refractivity contribution in [2.45, 2.75) is 62.1 Å². The standard InChI is InChI=1S/2C6H12N2O3.2C6H11NO3S.C5H7NO3.C5H4O2.CH4.H2O/c1-7-4(3-5(9)10)6(11)8-2;1-7-4(6(10)11)3-5(9)8-2;1-7-6(10)4(11-2)3-5(8)9;1-7-5(8)3-4(11-2)6(9)10;1-6-4(7)2-3-5(8)9;6-4-1-2-5(7)3-4;;/h4,7H,3H2,1-2H3,(H,8,11)(H,9,10);4,7H,3H2,1-2H3,(H,8,9)(H,10,11);4H,3H2,1-2H3,(H,7,10)(H,8,9);4H,3H2,1-2H3,(H,7,8)(H,9,10);2-3H,1H3,(H,6,7)(H,8,9);1-2H,3H2;1H4;1H2/b;;;;3-2-;;;. The highest BCUT2D eigenvalue weighted by atomic mass is 32.2. The third-order valence-electron chi connectivity index (χ3n) is 6.43. The van der Waals surface area contributed by atoms with Crippen LogP contribution in [0, 0.1) is 0 Å². The molecule has 4 unspecified atom stereocenters. The van der Waals surface area contributed by atoms with Crippen LogP contribution in [0.1, 0.15) is 39.5 Å². The van der Waals surface area contributed by atoms with E-state index in [0.717, 1.165) is 23.9 Å². The maximum atomic E-state index is 10.9. The SMILES string of the molecule is C.CNC(=O)/C=C\C(=O)O.CNC(=O)C(CC(=O)O)NC.CNC(=O)C(CC(=O)O)SC.CNC(=O)CC(NC)C(=O)O.CNC(=O)CC(SC)C(=O)O.O.O=C1C=CC(=O)C1. The predicted octanol–water partition coefficient (Wildman–Crippen LogP) is -3.26. The Labute approximate surface area is 367 Å². The first-order valence-electron chi connectivity index (χ1n) is 16.9. The summed E-state index contributed by atoms with van der Waals surface area (Å²) in [5.74, 6) is -6.68. The first-order valence-corrected chi connectivity index (χ1v) is 19.5. The van der Waals surface area contributed by atoms with Crippen LogP contribution in [0.2, 0.25) is 0 Å². The zero-order valence-electron chi connectivity index (χ0n) is 35.1. The summed E-state index contributed by atoms with van der Waals surface area (Å²) in [6.45, 7) is 0. The molecule has 1 aliphatic carbocycles. The van der Waals surface area contributed by atoms with E-state index in [1.54, 1.807) is 19.6 Å². The number of carbonyl (C=O) groups is 12. The summed E-state index contributed by atoms with van der Waals surface area (Å²) in [5.41, 5.74) is 0. The molecule has 4 atom stereocenters. The van der Waals surface area contributed by atoms with Crippen molar-refractivity contribution in [2.75, 3.05) is 61.8 Å². The summed E-state index contributed by atoms with van der Waals surface area (Å²) in [7, 11) is 10.4. The highest BCUT2D eigenvalue weighted by Crippen LogP contribution is 2.11. The van der Waals surface area contributed by atoms with Gasteiger partial charge in [0.2, 0.25) is 29.5 Å². The molecule has 1 aliphatic rings. The zero-order valence-corrected chi connectivity index (χ0v) is 36.7. The van der Waals surface area contributed by atoms with Crippen molar-refractivity contribution in [1.82, 2.24) is 37.2 Å². The van der Waals surface area contributed by atoms with Gasteiger partial charge in [0.05, 0.1) is 37.0 Å². The van der Waals surface area contributed by atoms with Crippen molar-refractivity contribution in [2.24, 2.45) is 0 Å². The van der Waals surface area contributed by atoms with Gasteiger partial charge in [-0.25, -0.2) is 4.79 Å². The summed E-state index contributed by atoms with van der Waals surface area (Å²) in [4.78, 5) is 124. The Bertz CT molecular complexity index is 1410. The molecule has 5 amide bonds. The molecule has 0 fully saturated rings. The van der Waals surface area contributed by atoms with Gasteiger partial charge in [0, 0.05) is 53.8 Å². The van der Waals surface area contributed by atoms with E-state index in [4.69, 9.17) is 25.5 Å². The van der Waals surface area contributed by atoms with Gasteiger partial charge in [0.1, 0.15) is 11.3 Å². The van der Waals surface area contributed by atoms with E-state index >= 15 is 0 Å². The fraction of sp³-hybridized carbons (Fsp3) is 0.543. The van der Waals surface area contributed by atoms with Crippen LogP contribution in [0.25, 0.3) is 0 Å². The molecule has 0 aromatic rings. The minimum atomic E-state index is -1.13. The Kier molecular flexibility index (Phi) is 50.9. The highest BCUT2D eigenvalue weighted by Gasteiger charge is 2.20. The largest absolute Gasteiger partial charge is 0.481 e. The van der Waals surface area contributed by atoms with Gasteiger partial charge in [0.25, 0.3) is 0 Å². The number of likely N-dealkylation sites (N-methyl/N-ethyl adjacent to an activating group) is 4. The molecule has 62 heavy (non-hydrogen) atoms.